The molecule has 39 heavy (non-hydrogen) atoms. The summed E-state index contributed by atoms with van der Waals surface area (Å²) in [4.78, 5) is 18.3. The number of ether oxygens (including phenoxy) is 2. The van der Waals surface area contributed by atoms with Gasteiger partial charge < -0.3 is 14.9 Å². The molecule has 1 amide bonds. The first-order valence-electron chi connectivity index (χ1n) is 11.6. The predicted octanol–water partition coefficient (Wildman–Crippen LogP) is 4.98. The molecule has 1 aliphatic rings. The quantitative estimate of drug-likeness (QED) is 0.307. The molecule has 4 aromatic rings. The molecule has 9 nitrogen and oxygen atoms in total. The average Bonchev–Trinajstić information content (AvgIpc) is 3.56. The van der Waals surface area contributed by atoms with Crippen LogP contribution in [-0.2, 0) is 11.3 Å². The molecular weight excluding hydrogens is 533 g/mol. The van der Waals surface area contributed by atoms with Crippen LogP contribution < -0.4 is 19.8 Å². The Balaban J connectivity index is 1.20. The second kappa shape index (κ2) is 11.1. The van der Waals surface area contributed by atoms with Crippen LogP contribution in [0.4, 0.5) is 18.9 Å². The molecular formula is C26H21F3N6O3S. The summed E-state index contributed by atoms with van der Waals surface area (Å²) in [5.41, 5.74) is 5.99. The fourth-order valence-corrected chi connectivity index (χ4v) is 4.57. The molecule has 0 saturated carbocycles. The molecule has 1 fully saturated rings. The number of aromatic nitrogens is 3. The van der Waals surface area contributed by atoms with Gasteiger partial charge in [-0.2, -0.15) is 5.10 Å². The Morgan fingerprint density at radius 1 is 0.974 bits per heavy atom. The van der Waals surface area contributed by atoms with Gasteiger partial charge in [0.1, 0.15) is 17.8 Å². The highest BCUT2D eigenvalue weighted by Gasteiger charge is 2.31. The number of hydrogen-bond donors (Lipinski definition) is 1. The Hall–Kier alpha value is -4.52. The van der Waals surface area contributed by atoms with Crippen LogP contribution in [0.25, 0.3) is 17.1 Å². The second-order valence-corrected chi connectivity index (χ2v) is 9.14. The molecule has 0 spiro atoms. The highest BCUT2D eigenvalue weighted by molar-refractivity contribution is 8.15. The molecule has 0 unspecified atom stereocenters. The lowest BCUT2D eigenvalue weighted by Gasteiger charge is -2.16. The van der Waals surface area contributed by atoms with Gasteiger partial charge in [0.15, 0.2) is 11.0 Å². The van der Waals surface area contributed by atoms with Gasteiger partial charge in [0.25, 0.3) is 0 Å². The number of alkyl halides is 3. The summed E-state index contributed by atoms with van der Waals surface area (Å²) in [5.74, 6) is 1.11. The highest BCUT2D eigenvalue weighted by atomic mass is 32.2. The third kappa shape index (κ3) is 6.32. The van der Waals surface area contributed by atoms with E-state index in [9.17, 15) is 18.0 Å². The SMILES string of the molecule is COc1ccc(N2C(=O)CS/C2=N/NCc2ccc(-c3ncn(-c4ccc(OC(F)(F)F)cc4)n3)cc2)cc1. The molecule has 0 atom stereocenters. The van der Waals surface area contributed by atoms with E-state index < -0.39 is 6.36 Å². The van der Waals surface area contributed by atoms with Crippen LogP contribution in [0.3, 0.4) is 0 Å². The first-order valence-corrected chi connectivity index (χ1v) is 12.6. The number of thioether (sulfide) groups is 1. The van der Waals surface area contributed by atoms with E-state index in [1.54, 1.807) is 24.1 Å². The molecule has 1 aliphatic heterocycles. The lowest BCUT2D eigenvalue weighted by atomic mass is 10.1. The van der Waals surface area contributed by atoms with Crippen LogP contribution >= 0.6 is 11.8 Å². The molecule has 2 heterocycles. The van der Waals surface area contributed by atoms with Gasteiger partial charge in [-0.1, -0.05) is 36.0 Å². The smallest absolute Gasteiger partial charge is 0.497 e. The van der Waals surface area contributed by atoms with Gasteiger partial charge >= 0.3 is 6.36 Å². The number of methoxy groups -OCH3 is 1. The van der Waals surface area contributed by atoms with Crippen molar-refractivity contribution in [2.75, 3.05) is 17.8 Å². The van der Waals surface area contributed by atoms with Crippen molar-refractivity contribution in [2.45, 2.75) is 12.9 Å². The van der Waals surface area contributed by atoms with Crippen LogP contribution in [0.15, 0.2) is 84.2 Å². The van der Waals surface area contributed by atoms with Crippen LogP contribution in [0.1, 0.15) is 5.56 Å². The predicted molar refractivity (Wildman–Crippen MR) is 141 cm³/mol. The standard InChI is InChI=1S/C26H21F3N6O3S/c1-37-21-10-8-20(9-11-21)35-23(36)15-39-25(35)32-31-14-17-2-4-18(5-3-17)24-30-16-34(33-24)19-6-12-22(13-7-19)38-26(27,28)29/h2-13,16,31H,14-15H2,1H3/b32-25+. The Bertz CT molecular complexity index is 1470. The summed E-state index contributed by atoms with van der Waals surface area (Å²) >= 11 is 1.36. The summed E-state index contributed by atoms with van der Waals surface area (Å²) in [7, 11) is 1.58. The topological polar surface area (TPSA) is 93.9 Å². The molecule has 200 valence electrons. The zero-order valence-electron chi connectivity index (χ0n) is 20.4. The number of carbonyl (C=O) groups is 1. The Labute approximate surface area is 225 Å². The minimum atomic E-state index is -4.75. The van der Waals surface area contributed by atoms with Gasteiger partial charge in [0.05, 0.1) is 30.8 Å². The van der Waals surface area contributed by atoms with E-state index in [-0.39, 0.29) is 11.7 Å². The normalized spacial score (nSPS) is 14.6. The first kappa shape index (κ1) is 26.1. The summed E-state index contributed by atoms with van der Waals surface area (Å²) in [5, 5.41) is 9.39. The van der Waals surface area contributed by atoms with E-state index in [0.29, 0.717) is 40.4 Å². The summed E-state index contributed by atoms with van der Waals surface area (Å²) in [6.45, 7) is 0.434. The van der Waals surface area contributed by atoms with E-state index in [0.717, 1.165) is 11.1 Å². The number of amidine groups is 1. The van der Waals surface area contributed by atoms with Crippen molar-refractivity contribution in [3.8, 4) is 28.6 Å². The van der Waals surface area contributed by atoms with Crippen molar-refractivity contribution in [2.24, 2.45) is 5.10 Å². The number of anilines is 1. The monoisotopic (exact) mass is 554 g/mol. The van der Waals surface area contributed by atoms with Gasteiger partial charge in [0.2, 0.25) is 5.91 Å². The maximum absolute atomic E-state index is 12.4. The summed E-state index contributed by atoms with van der Waals surface area (Å²) in [6, 6.07) is 20.1. The zero-order chi connectivity index (χ0) is 27.4. The lowest BCUT2D eigenvalue weighted by molar-refractivity contribution is -0.274. The molecule has 1 N–H and O–H groups in total. The van der Waals surface area contributed by atoms with Gasteiger partial charge in [-0.05, 0) is 54.1 Å². The molecule has 0 radical (unpaired) electrons. The van der Waals surface area contributed by atoms with E-state index in [2.05, 4.69) is 25.3 Å². The Morgan fingerprint density at radius 3 is 2.31 bits per heavy atom. The second-order valence-electron chi connectivity index (χ2n) is 8.20. The maximum atomic E-state index is 12.4. The van der Waals surface area contributed by atoms with Crippen LogP contribution in [-0.4, -0.2) is 45.1 Å². The minimum Gasteiger partial charge on any atom is -0.497 e. The summed E-state index contributed by atoms with van der Waals surface area (Å²) in [6.07, 6.45) is -3.27. The van der Waals surface area contributed by atoms with E-state index in [4.69, 9.17) is 4.74 Å². The van der Waals surface area contributed by atoms with Gasteiger partial charge in [0, 0.05) is 5.56 Å². The fourth-order valence-electron chi connectivity index (χ4n) is 3.72. The number of rotatable bonds is 8. The van der Waals surface area contributed by atoms with Crippen molar-refractivity contribution < 1.29 is 27.4 Å². The van der Waals surface area contributed by atoms with E-state index in [1.165, 1.54) is 47.0 Å². The van der Waals surface area contributed by atoms with Crippen molar-refractivity contribution in [3.05, 3.63) is 84.7 Å². The Kier molecular flexibility index (Phi) is 7.41. The summed E-state index contributed by atoms with van der Waals surface area (Å²) < 4.78 is 47.6. The number of amides is 1. The van der Waals surface area contributed by atoms with E-state index >= 15 is 0 Å². The number of benzene rings is 3. The van der Waals surface area contributed by atoms with Crippen molar-refractivity contribution >= 4 is 28.5 Å². The van der Waals surface area contributed by atoms with Crippen molar-refractivity contribution in [1.29, 1.82) is 0 Å². The average molecular weight is 555 g/mol. The number of nitrogens with one attached hydrogen (secondary N) is 1. The molecule has 0 aliphatic carbocycles. The lowest BCUT2D eigenvalue weighted by Crippen LogP contribution is -2.30. The number of carbonyl (C=O) groups excluding carboxylic acids is 1. The van der Waals surface area contributed by atoms with Gasteiger partial charge in [-0.3, -0.25) is 9.69 Å². The maximum Gasteiger partial charge on any atom is 0.573 e. The van der Waals surface area contributed by atoms with Crippen molar-refractivity contribution in [3.63, 3.8) is 0 Å². The third-order valence-electron chi connectivity index (χ3n) is 5.59. The third-order valence-corrected chi connectivity index (χ3v) is 6.52. The van der Waals surface area contributed by atoms with Gasteiger partial charge in [-0.15, -0.1) is 18.3 Å². The highest BCUT2D eigenvalue weighted by Crippen LogP contribution is 2.28. The number of hydrogen-bond acceptors (Lipinski definition) is 8. The molecule has 1 saturated heterocycles. The molecule has 3 aromatic carbocycles. The number of halogens is 3. The zero-order valence-corrected chi connectivity index (χ0v) is 21.2. The largest absolute Gasteiger partial charge is 0.573 e. The number of hydrazone groups is 1. The minimum absolute atomic E-state index is 0.0485. The van der Waals surface area contributed by atoms with Gasteiger partial charge in [-0.25, -0.2) is 9.67 Å². The van der Waals surface area contributed by atoms with Crippen molar-refractivity contribution in [1.82, 2.24) is 20.2 Å². The first-order chi connectivity index (χ1) is 18.8. The molecule has 0 bridgehead atoms. The Morgan fingerprint density at radius 2 is 1.64 bits per heavy atom. The van der Waals surface area contributed by atoms with Crippen LogP contribution in [0, 0.1) is 0 Å². The molecule has 1 aromatic heterocycles. The van der Waals surface area contributed by atoms with Crippen LogP contribution in [0.5, 0.6) is 11.5 Å². The fraction of sp³-hybridized carbons (Fsp3) is 0.154. The van der Waals surface area contributed by atoms with Crippen LogP contribution in [0.2, 0.25) is 0 Å². The molecule has 13 heteroatoms. The van der Waals surface area contributed by atoms with E-state index in [1.807, 2.05) is 36.4 Å². The number of nitrogens with zero attached hydrogens (tertiary/aromatic N) is 5. The molecule has 5 rings (SSSR count).